The quantitative estimate of drug-likeness (QED) is 0.131. The highest BCUT2D eigenvalue weighted by Crippen LogP contribution is 2.41. The van der Waals surface area contributed by atoms with Crippen molar-refractivity contribution in [1.82, 2.24) is 94.3 Å². The fourth-order valence-electron chi connectivity index (χ4n) is 16.5. The van der Waals surface area contributed by atoms with Crippen LogP contribution in [-0.2, 0) is 60.9 Å². The lowest BCUT2D eigenvalue weighted by Gasteiger charge is -2.38. The normalized spacial score (nSPS) is 21.0. The van der Waals surface area contributed by atoms with Crippen LogP contribution in [0, 0.1) is 62.3 Å². The first-order valence-electron chi connectivity index (χ1n) is 44.9. The molecule has 0 radical (unpaired) electrons. The molecular weight excluding hydrogens is 1840 g/mol. The number of hydrogen-bond acceptors (Lipinski definition) is 30. The summed E-state index contributed by atoms with van der Waals surface area (Å²) in [6, 6.07) is 9.55. The number of benzene rings is 1. The molecule has 1 N–H and O–H groups in total. The van der Waals surface area contributed by atoms with Gasteiger partial charge >= 0.3 is 0 Å². The fourth-order valence-corrected chi connectivity index (χ4v) is 24.1. The topological polar surface area (TPSA) is 346 Å². The zero-order valence-corrected chi connectivity index (χ0v) is 85.9. The van der Waals surface area contributed by atoms with Crippen LogP contribution in [0.3, 0.4) is 0 Å². The highest BCUT2D eigenvalue weighted by Gasteiger charge is 2.39. The van der Waals surface area contributed by atoms with Gasteiger partial charge in [-0.15, -0.1) is 91.1 Å². The summed E-state index contributed by atoms with van der Waals surface area (Å²) in [6.07, 6.45) is 30.9. The summed E-state index contributed by atoms with van der Waals surface area (Å²) in [7, 11) is 0. The van der Waals surface area contributed by atoms with Crippen LogP contribution >= 0.6 is 91.1 Å². The van der Waals surface area contributed by atoms with Gasteiger partial charge in [-0.3, -0.25) is 43.2 Å². The summed E-state index contributed by atoms with van der Waals surface area (Å²) in [5, 5.41) is 10.6. The van der Waals surface area contributed by atoms with E-state index in [1.54, 1.807) is 176 Å². The number of likely N-dealkylation sites (tertiary alicyclic amines) is 4. The summed E-state index contributed by atoms with van der Waals surface area (Å²) in [4.78, 5) is 167. The molecule has 133 heavy (non-hydrogen) atoms. The molecule has 9 aliphatic heterocycles. The first-order valence-corrected chi connectivity index (χ1v) is 51.8. The number of ether oxygens (including phenoxy) is 1. The van der Waals surface area contributed by atoms with Crippen LogP contribution < -0.4 is 5.32 Å². The molecule has 7 saturated heterocycles. The Labute approximate surface area is 812 Å². The summed E-state index contributed by atoms with van der Waals surface area (Å²) in [6.45, 7) is 40.7. The van der Waals surface area contributed by atoms with E-state index >= 15 is 0 Å². The van der Waals surface area contributed by atoms with Crippen LogP contribution in [0.25, 0.3) is 0 Å². The highest BCUT2D eigenvalue weighted by atomic mass is 32.2. The third-order valence-corrected chi connectivity index (χ3v) is 31.6. The lowest BCUT2D eigenvalue weighted by molar-refractivity contribution is -0.138. The average Bonchev–Trinajstić information content (AvgIpc) is 1.62. The minimum atomic E-state index is 0.0196. The van der Waals surface area contributed by atoms with Gasteiger partial charge in [-0.2, -0.15) is 0 Å². The maximum Gasteiger partial charge on any atom is 0.221 e. The van der Waals surface area contributed by atoms with Gasteiger partial charge in [0.15, 0.2) is 0 Å². The first-order chi connectivity index (χ1) is 63.6. The van der Waals surface area contributed by atoms with E-state index in [2.05, 4.69) is 81.4 Å². The number of piperazine rings is 1. The van der Waals surface area contributed by atoms with Crippen molar-refractivity contribution in [2.75, 3.05) is 77.3 Å². The second-order valence-electron chi connectivity index (χ2n) is 33.7. The molecule has 7 fully saturated rings. The van der Waals surface area contributed by atoms with Crippen LogP contribution in [0.1, 0.15) is 278 Å². The second kappa shape index (κ2) is 49.7. The molecule has 31 nitrogen and oxygen atoms in total. The Morgan fingerprint density at radius 1 is 0.346 bits per heavy atom. The Bertz CT molecular complexity index is 5340. The van der Waals surface area contributed by atoms with Gasteiger partial charge < -0.3 is 63.0 Å². The Balaban J connectivity index is 0.000000144. The molecule has 19 rings (SSSR count). The van der Waals surface area contributed by atoms with Crippen molar-refractivity contribution in [3.8, 4) is 0 Å². The summed E-state index contributed by atoms with van der Waals surface area (Å²) >= 11 is 13.5. The minimum absolute atomic E-state index is 0.0196. The molecule has 9 aliphatic rings. The van der Waals surface area contributed by atoms with E-state index in [9.17, 15) is 43.2 Å². The number of carbonyl (C=O) groups excluding carboxylic acids is 9. The number of nitrogens with one attached hydrogen (secondary N) is 1. The number of rotatable bonds is 9. The molecule has 39 heteroatoms. The number of aryl methyl sites for hydroxylation is 9. The van der Waals surface area contributed by atoms with Gasteiger partial charge in [0.2, 0.25) is 64.9 Å². The molecule has 0 spiro atoms. The van der Waals surface area contributed by atoms with Crippen molar-refractivity contribution in [3.63, 3.8) is 0 Å². The molecule has 1 aromatic carbocycles. The Morgan fingerprint density at radius 3 is 1.17 bits per heavy atom. The molecule has 9 unspecified atom stereocenters. The zero-order valence-electron chi connectivity index (χ0n) is 79.3. The van der Waals surface area contributed by atoms with E-state index < -0.39 is 0 Å². The van der Waals surface area contributed by atoms with Crippen LogP contribution in [0.4, 0.5) is 0 Å². The van der Waals surface area contributed by atoms with Gasteiger partial charge in [-0.25, -0.2) is 44.9 Å². The van der Waals surface area contributed by atoms with Crippen molar-refractivity contribution < 1.29 is 56.7 Å². The number of fused-ring (bicyclic) bond motifs is 1. The predicted molar refractivity (Wildman–Crippen MR) is 523 cm³/mol. The molecule has 9 amide bonds. The van der Waals surface area contributed by atoms with Gasteiger partial charge in [0.1, 0.15) is 71.4 Å². The largest absolute Gasteiger partial charge is 0.444 e. The predicted octanol–water partition coefficient (Wildman–Crippen LogP) is 17.3. The molecule has 10 aromatic rings. The number of thiazole rings is 7. The number of thioether (sulfide) groups is 1. The monoisotopic (exact) mass is 1970 g/mol. The molecular formula is C94H125N19O12S8. The van der Waals surface area contributed by atoms with Gasteiger partial charge in [0, 0.05) is 204 Å². The summed E-state index contributed by atoms with van der Waals surface area (Å²) < 4.78 is 16.2. The van der Waals surface area contributed by atoms with Crippen molar-refractivity contribution in [3.05, 3.63) is 196 Å². The summed E-state index contributed by atoms with van der Waals surface area (Å²) in [5.74, 6) is 5.83. The highest BCUT2D eigenvalue weighted by molar-refractivity contribution is 7.99. The maximum atomic E-state index is 11.9. The molecule has 9 aromatic heterocycles. The van der Waals surface area contributed by atoms with Crippen LogP contribution in [-0.4, -0.2) is 219 Å². The van der Waals surface area contributed by atoms with Crippen LogP contribution in [0.15, 0.2) is 101 Å². The Morgan fingerprint density at radius 2 is 0.729 bits per heavy atom. The number of carbonyl (C=O) groups is 9. The molecule has 9 atom stereocenters. The van der Waals surface area contributed by atoms with Gasteiger partial charge in [0.05, 0.1) is 61.1 Å². The van der Waals surface area contributed by atoms with Crippen molar-refractivity contribution in [2.24, 2.45) is 0 Å². The standard InChI is InChI=1S/C15H16N2OS.C12H18N2O2.C11H14N2OS.C10H15N3OS.C10H14N2OS.C9H12N2O2S.C9H12N2O2.C9H12N2OS2.C9H12N2OS/c1-10-8-16-15(19-10)14-7-12-5-3-4-6-13(12)9-17(14)11(2)18;1-9-8-13-12(16-9)11-6-4-3-5-7-14(11)10(2)15;1-8-7-12-11(15-8)10-5-3-4-6-13(10)9(2)14;1-7-5-12-10(15-7)9-6-11-3-4-13(9)8(2)14;1-7-6-11-10(14-7)9-4-3-5-12(9)8(2)13;1-6-3-10-9(14-6)8-4-13-5-11(8)7(2)12;1-6-5-10-9(13-6)8-3-4-11(8)7(2)12;1-6-3-10-9(14-6)8-4-13-5-11(8)7(2)12;1-6-5-10-9(13-6)8-3-4-11(8)7(2)12/h3-6,8,14H,7,9H2,1-2H3;8,11H,3-7H2,1-2H3;3-4,7,10H,5-6H2,1-2H3;5,9,11H,3-4,6H2,1-2H3;6,9H,3-5H2,1-2H3;3,8H,4-5H2,1-2H3;5,8H,3-4H2,1-2H3;3,8H,4-5H2,1-2H3;5,8H,3-4H2,1-2H3. The van der Waals surface area contributed by atoms with Crippen molar-refractivity contribution in [1.29, 1.82) is 0 Å². The number of aromatic nitrogens is 9. The maximum absolute atomic E-state index is 11.9. The third-order valence-electron chi connectivity index (χ3n) is 23.5. The Kier molecular flexibility index (Phi) is 38.8. The van der Waals surface area contributed by atoms with Crippen molar-refractivity contribution in [2.45, 2.75) is 250 Å². The van der Waals surface area contributed by atoms with E-state index in [0.717, 1.165) is 167 Å². The molecule has 0 saturated carbocycles. The lowest BCUT2D eigenvalue weighted by atomic mass is 9.94. The molecule has 18 heterocycles. The number of oxazole rings is 2. The van der Waals surface area contributed by atoms with Crippen LogP contribution in [0.5, 0.6) is 0 Å². The van der Waals surface area contributed by atoms with Gasteiger partial charge in [-0.05, 0) is 125 Å². The molecule has 716 valence electrons. The second-order valence-corrected chi connectivity index (χ2v) is 43.6. The van der Waals surface area contributed by atoms with E-state index in [1.165, 1.54) is 46.8 Å². The van der Waals surface area contributed by atoms with Gasteiger partial charge in [-0.1, -0.05) is 49.3 Å². The van der Waals surface area contributed by atoms with E-state index in [4.69, 9.17) is 13.6 Å². The van der Waals surface area contributed by atoms with Crippen LogP contribution in [0.2, 0.25) is 0 Å². The van der Waals surface area contributed by atoms with E-state index in [1.807, 2.05) is 145 Å². The lowest BCUT2D eigenvalue weighted by Crippen LogP contribution is -2.47. The average molecular weight is 1970 g/mol. The van der Waals surface area contributed by atoms with E-state index in [0.29, 0.717) is 38.2 Å². The third kappa shape index (κ3) is 28.7. The summed E-state index contributed by atoms with van der Waals surface area (Å²) in [5.41, 5.74) is 2.58. The first kappa shape index (κ1) is 104. The number of amides is 9. The van der Waals surface area contributed by atoms with Crippen molar-refractivity contribution >= 4 is 144 Å². The van der Waals surface area contributed by atoms with E-state index in [-0.39, 0.29) is 108 Å². The number of hydrogen-bond donors (Lipinski definition) is 1. The molecule has 0 bridgehead atoms. The van der Waals surface area contributed by atoms with Gasteiger partial charge in [0.25, 0.3) is 0 Å². The fraction of sp³-hybridized carbons (Fsp3) is 0.532. The Hall–Kier alpha value is -9.71. The SMILES string of the molecule is CC(=O)N1CC=CCC1c1ncc(C)s1.CC(=O)N1CCC1c1ncc(C)o1.CC(=O)N1CCC1c1ncc(C)s1.CC(=O)N1CCCC1c1ncc(C)s1.CC(=O)N1CCCCCC1c1ncc(C)o1.CC(=O)N1CCNCC1c1ncc(C)s1.CC(=O)N1COCC1c1ncc(C)s1.CC(=O)N1CSCC1c1ncc(C)s1.CC(=O)N1Cc2ccccc2CC1c1ncc(C)s1. The number of nitrogens with zero attached hydrogens (tertiary/aromatic N) is 18. The minimum Gasteiger partial charge on any atom is -0.444 e. The smallest absolute Gasteiger partial charge is 0.221 e. The zero-order chi connectivity index (χ0) is 95.9. The molecule has 0 aliphatic carbocycles.